The maximum atomic E-state index is 13.8. The molecular weight excluding hydrogens is 512 g/mol. The molecule has 1 atom stereocenters. The minimum Gasteiger partial charge on any atom is -0.497 e. The monoisotopic (exact) mass is 537 g/mol. The Balaban J connectivity index is 2.15. The van der Waals surface area contributed by atoms with Crippen molar-refractivity contribution in [1.82, 2.24) is 5.32 Å². The van der Waals surface area contributed by atoms with Crippen molar-refractivity contribution in [3.63, 3.8) is 0 Å². The summed E-state index contributed by atoms with van der Waals surface area (Å²) < 4.78 is 30.4. The molecule has 0 amide bonds. The van der Waals surface area contributed by atoms with Gasteiger partial charge in [-0.2, -0.15) is 0 Å². The summed E-state index contributed by atoms with van der Waals surface area (Å²) in [6, 6.07) is 12.5. The van der Waals surface area contributed by atoms with E-state index in [2.05, 4.69) is 27.9 Å². The molecule has 1 N–H and O–H groups in total. The van der Waals surface area contributed by atoms with E-state index in [4.69, 9.17) is 14.2 Å². The maximum absolute atomic E-state index is 13.8. The van der Waals surface area contributed by atoms with Crippen molar-refractivity contribution in [2.24, 2.45) is 0 Å². The molecule has 31 heavy (non-hydrogen) atoms. The third kappa shape index (κ3) is 5.10. The van der Waals surface area contributed by atoms with Gasteiger partial charge >= 0.3 is 5.97 Å². The first-order valence-corrected chi connectivity index (χ1v) is 10.8. The molecule has 0 fully saturated rings. The van der Waals surface area contributed by atoms with Crippen molar-refractivity contribution in [1.29, 1.82) is 0 Å². The van der Waals surface area contributed by atoms with E-state index in [0.717, 1.165) is 31.7 Å². The van der Waals surface area contributed by atoms with Crippen molar-refractivity contribution in [2.45, 2.75) is 19.3 Å². The van der Waals surface area contributed by atoms with Gasteiger partial charge in [-0.05, 0) is 70.5 Å². The zero-order valence-corrected chi connectivity index (χ0v) is 20.1. The Morgan fingerprint density at radius 3 is 2.55 bits per heavy atom. The topological polar surface area (TPSA) is 56.8 Å². The number of halogens is 2. The highest BCUT2D eigenvalue weighted by Gasteiger charge is 2.35. The van der Waals surface area contributed by atoms with Crippen LogP contribution in [0.1, 0.15) is 24.0 Å². The van der Waals surface area contributed by atoms with Crippen LogP contribution in [0, 0.1) is 9.39 Å². The Morgan fingerprint density at radius 2 is 1.90 bits per heavy atom. The zero-order chi connectivity index (χ0) is 22.5. The molecule has 0 saturated heterocycles. The van der Waals surface area contributed by atoms with E-state index in [1.165, 1.54) is 19.2 Å². The van der Waals surface area contributed by atoms with Crippen molar-refractivity contribution in [3.8, 4) is 5.75 Å². The molecule has 0 radical (unpaired) electrons. The summed E-state index contributed by atoms with van der Waals surface area (Å²) in [5.41, 5.74) is 4.94. The van der Waals surface area contributed by atoms with Crippen LogP contribution in [0.4, 0.5) is 4.39 Å². The SMILES string of the molecule is COCC1=C(C(=O)OC)C(c2ccc(F)cc2I)C(C)=C(Cc2cccc(OC)c2)N1. The lowest BCUT2D eigenvalue weighted by molar-refractivity contribution is -0.136. The van der Waals surface area contributed by atoms with E-state index in [1.54, 1.807) is 20.3 Å². The van der Waals surface area contributed by atoms with Crippen LogP contribution in [0.2, 0.25) is 0 Å². The third-order valence-corrected chi connectivity index (χ3v) is 6.24. The minimum atomic E-state index is -0.440. The lowest BCUT2D eigenvalue weighted by Gasteiger charge is -2.32. The fourth-order valence-electron chi connectivity index (χ4n) is 3.82. The number of dihydropyridines is 1. The van der Waals surface area contributed by atoms with E-state index in [0.29, 0.717) is 17.7 Å². The van der Waals surface area contributed by atoms with Crippen LogP contribution in [-0.4, -0.2) is 33.9 Å². The van der Waals surface area contributed by atoms with E-state index >= 15 is 0 Å². The van der Waals surface area contributed by atoms with Crippen molar-refractivity contribution in [2.75, 3.05) is 27.9 Å². The van der Waals surface area contributed by atoms with Gasteiger partial charge in [-0.1, -0.05) is 18.2 Å². The fourth-order valence-corrected chi connectivity index (χ4v) is 4.61. The second-order valence-electron chi connectivity index (χ2n) is 7.23. The number of hydrogen-bond acceptors (Lipinski definition) is 5. The van der Waals surface area contributed by atoms with Crippen molar-refractivity contribution >= 4 is 28.6 Å². The molecule has 0 saturated carbocycles. The molecule has 2 aromatic rings. The molecule has 0 aromatic heterocycles. The number of methoxy groups -OCH3 is 3. The normalized spacial score (nSPS) is 16.3. The standard InChI is InChI=1S/C24H25FINO4/c1-14-20(11-15-6-5-7-17(10-15)30-3)27-21(13-29-2)23(24(28)31-4)22(14)18-9-8-16(25)12-19(18)26/h5-10,12,22,27H,11,13H2,1-4H3. The van der Waals surface area contributed by atoms with Crippen LogP contribution in [-0.2, 0) is 20.7 Å². The van der Waals surface area contributed by atoms with Gasteiger partial charge in [0.05, 0.1) is 32.1 Å². The first-order valence-electron chi connectivity index (χ1n) is 9.74. The van der Waals surface area contributed by atoms with Gasteiger partial charge in [0.2, 0.25) is 0 Å². The zero-order valence-electron chi connectivity index (χ0n) is 17.9. The molecule has 0 aliphatic carbocycles. The lowest BCUT2D eigenvalue weighted by atomic mass is 9.80. The Kier molecular flexibility index (Phi) is 7.72. The van der Waals surface area contributed by atoms with E-state index in [1.807, 2.05) is 31.2 Å². The smallest absolute Gasteiger partial charge is 0.336 e. The first kappa shape index (κ1) is 23.3. The highest BCUT2D eigenvalue weighted by Crippen LogP contribution is 2.41. The summed E-state index contributed by atoms with van der Waals surface area (Å²) in [7, 11) is 4.57. The molecule has 0 bridgehead atoms. The number of carbonyl (C=O) groups excluding carboxylic acids is 1. The second kappa shape index (κ2) is 10.3. The number of carbonyl (C=O) groups is 1. The predicted molar refractivity (Wildman–Crippen MR) is 125 cm³/mol. The first-order chi connectivity index (χ1) is 14.9. The van der Waals surface area contributed by atoms with Crippen LogP contribution in [0.3, 0.4) is 0 Å². The Hall–Kier alpha value is -2.39. The van der Waals surface area contributed by atoms with Crippen LogP contribution < -0.4 is 10.1 Å². The number of nitrogens with one attached hydrogen (secondary N) is 1. The third-order valence-electron chi connectivity index (χ3n) is 5.31. The molecule has 1 heterocycles. The van der Waals surface area contributed by atoms with E-state index in [-0.39, 0.29) is 18.3 Å². The van der Waals surface area contributed by atoms with Gasteiger partial charge in [0.1, 0.15) is 11.6 Å². The number of ether oxygens (including phenoxy) is 3. The van der Waals surface area contributed by atoms with Gasteiger partial charge in [0.15, 0.2) is 0 Å². The van der Waals surface area contributed by atoms with Gasteiger partial charge in [0, 0.05) is 28.7 Å². The van der Waals surface area contributed by atoms with Crippen LogP contribution in [0.5, 0.6) is 5.75 Å². The molecule has 3 rings (SSSR count). The van der Waals surface area contributed by atoms with Gasteiger partial charge in [-0.15, -0.1) is 0 Å². The number of rotatable bonds is 7. The molecular formula is C24H25FINO4. The Morgan fingerprint density at radius 1 is 1.13 bits per heavy atom. The maximum Gasteiger partial charge on any atom is 0.336 e. The lowest BCUT2D eigenvalue weighted by Crippen LogP contribution is -2.33. The summed E-state index contributed by atoms with van der Waals surface area (Å²) in [5, 5.41) is 3.40. The molecule has 1 unspecified atom stereocenters. The van der Waals surface area contributed by atoms with Gasteiger partial charge in [-0.3, -0.25) is 0 Å². The van der Waals surface area contributed by atoms with Crippen molar-refractivity contribution in [3.05, 3.63) is 85.5 Å². The average molecular weight is 537 g/mol. The molecule has 1 aliphatic heterocycles. The van der Waals surface area contributed by atoms with Crippen molar-refractivity contribution < 1.29 is 23.4 Å². The summed E-state index contributed by atoms with van der Waals surface area (Å²) in [4.78, 5) is 12.8. The molecule has 7 heteroatoms. The van der Waals surface area contributed by atoms with Crippen LogP contribution >= 0.6 is 22.6 Å². The Labute approximate surface area is 195 Å². The average Bonchev–Trinajstić information content (AvgIpc) is 2.76. The minimum absolute atomic E-state index is 0.216. The molecule has 0 spiro atoms. The number of hydrogen-bond donors (Lipinski definition) is 1. The van der Waals surface area contributed by atoms with E-state index < -0.39 is 5.97 Å². The van der Waals surface area contributed by atoms with E-state index in [9.17, 15) is 9.18 Å². The van der Waals surface area contributed by atoms with Gasteiger partial charge < -0.3 is 19.5 Å². The quantitative estimate of drug-likeness (QED) is 0.410. The van der Waals surface area contributed by atoms with Crippen LogP contribution in [0.25, 0.3) is 0 Å². The second-order valence-corrected chi connectivity index (χ2v) is 8.39. The number of allylic oxidation sites excluding steroid dienone is 2. The highest BCUT2D eigenvalue weighted by atomic mass is 127. The molecule has 1 aliphatic rings. The molecule has 5 nitrogen and oxygen atoms in total. The Bertz CT molecular complexity index is 1050. The summed E-state index contributed by atoms with van der Waals surface area (Å²) in [6.45, 7) is 2.20. The predicted octanol–water partition coefficient (Wildman–Crippen LogP) is 4.72. The summed E-state index contributed by atoms with van der Waals surface area (Å²) >= 11 is 2.11. The van der Waals surface area contributed by atoms with Gasteiger partial charge in [0.25, 0.3) is 0 Å². The van der Waals surface area contributed by atoms with Crippen LogP contribution in [0.15, 0.2) is 65.0 Å². The molecule has 164 valence electrons. The molecule has 2 aromatic carbocycles. The highest BCUT2D eigenvalue weighted by molar-refractivity contribution is 14.1. The number of benzene rings is 2. The fraction of sp³-hybridized carbons (Fsp3) is 0.292. The largest absolute Gasteiger partial charge is 0.497 e. The van der Waals surface area contributed by atoms with Gasteiger partial charge in [-0.25, -0.2) is 9.18 Å². The number of esters is 1. The summed E-state index contributed by atoms with van der Waals surface area (Å²) in [6.07, 6.45) is 0.610. The summed E-state index contributed by atoms with van der Waals surface area (Å²) in [5.74, 6) is -0.364.